The number of rotatable bonds is 2. The molecule has 0 aliphatic carbocycles. The van der Waals surface area contributed by atoms with Crippen molar-refractivity contribution >= 4 is 0 Å². The van der Waals surface area contributed by atoms with Crippen molar-refractivity contribution in [3.63, 3.8) is 0 Å². The largest absolute Gasteiger partial charge is 0.338 e. The van der Waals surface area contributed by atoms with Crippen molar-refractivity contribution in [1.82, 2.24) is 30.6 Å². The maximum Gasteiger partial charge on any atom is 0.239 e. The zero-order chi connectivity index (χ0) is 13.4. The Labute approximate surface area is 114 Å². The van der Waals surface area contributed by atoms with E-state index in [0.29, 0.717) is 17.5 Å². The Morgan fingerprint density at radius 3 is 3.10 bits per heavy atom. The lowest BCUT2D eigenvalue weighted by atomic mass is 9.91. The summed E-state index contributed by atoms with van der Waals surface area (Å²) in [5.74, 6) is 1.61. The van der Waals surface area contributed by atoms with Gasteiger partial charge in [-0.05, 0) is 11.1 Å². The van der Waals surface area contributed by atoms with Crippen LogP contribution in [0.25, 0.3) is 11.6 Å². The summed E-state index contributed by atoms with van der Waals surface area (Å²) in [7, 11) is 0. The van der Waals surface area contributed by atoms with Crippen molar-refractivity contribution in [1.29, 1.82) is 0 Å². The molecule has 3 heterocycles. The van der Waals surface area contributed by atoms with Gasteiger partial charge in [-0.3, -0.25) is 5.10 Å². The van der Waals surface area contributed by atoms with Gasteiger partial charge in [0.05, 0.1) is 5.92 Å². The summed E-state index contributed by atoms with van der Waals surface area (Å²) in [6.45, 7) is 1.66. The number of benzene rings is 1. The molecule has 20 heavy (non-hydrogen) atoms. The minimum atomic E-state index is 0.0733. The van der Waals surface area contributed by atoms with Crippen LogP contribution in [0.2, 0.25) is 0 Å². The van der Waals surface area contributed by atoms with Gasteiger partial charge >= 0.3 is 0 Å². The van der Waals surface area contributed by atoms with E-state index in [9.17, 15) is 0 Å². The lowest BCUT2D eigenvalue weighted by Crippen LogP contribution is -2.28. The van der Waals surface area contributed by atoms with Crippen LogP contribution in [-0.2, 0) is 6.54 Å². The highest BCUT2D eigenvalue weighted by Crippen LogP contribution is 2.29. The third kappa shape index (κ3) is 1.79. The van der Waals surface area contributed by atoms with Crippen LogP contribution in [0.3, 0.4) is 0 Å². The van der Waals surface area contributed by atoms with Crippen molar-refractivity contribution in [3.05, 3.63) is 47.6 Å². The summed E-state index contributed by atoms with van der Waals surface area (Å²) in [6.07, 6.45) is 1.42. The van der Waals surface area contributed by atoms with Crippen LogP contribution >= 0.6 is 0 Å². The van der Waals surface area contributed by atoms with Crippen molar-refractivity contribution in [2.45, 2.75) is 12.5 Å². The van der Waals surface area contributed by atoms with Crippen LogP contribution in [0.5, 0.6) is 0 Å². The zero-order valence-corrected chi connectivity index (χ0v) is 10.6. The Hall–Kier alpha value is -2.54. The molecule has 1 aliphatic rings. The maximum atomic E-state index is 5.40. The molecule has 0 spiro atoms. The smallest absolute Gasteiger partial charge is 0.239 e. The first kappa shape index (κ1) is 11.3. The zero-order valence-electron chi connectivity index (χ0n) is 10.6. The van der Waals surface area contributed by atoms with Crippen LogP contribution in [0.15, 0.2) is 35.1 Å². The van der Waals surface area contributed by atoms with E-state index < -0.39 is 0 Å². The minimum Gasteiger partial charge on any atom is -0.338 e. The maximum absolute atomic E-state index is 5.40. The number of nitrogens with one attached hydrogen (secondary N) is 2. The highest BCUT2D eigenvalue weighted by atomic mass is 16.5. The second kappa shape index (κ2) is 4.53. The SMILES string of the molecule is c1ccc2c(c1)CNCC2c1nc(-c2ncn[nH]2)no1. The molecule has 0 radical (unpaired) electrons. The molecule has 1 aromatic carbocycles. The predicted octanol–water partition coefficient (Wildman–Crippen LogP) is 1.09. The number of aromatic nitrogens is 5. The number of nitrogens with zero attached hydrogens (tertiary/aromatic N) is 4. The van der Waals surface area contributed by atoms with E-state index in [1.54, 1.807) is 0 Å². The van der Waals surface area contributed by atoms with Crippen LogP contribution in [0.4, 0.5) is 0 Å². The second-order valence-corrected chi connectivity index (χ2v) is 4.67. The molecule has 0 saturated heterocycles. The average Bonchev–Trinajstić information content (AvgIpc) is 3.17. The summed E-state index contributed by atoms with van der Waals surface area (Å²) in [6, 6.07) is 8.29. The van der Waals surface area contributed by atoms with Gasteiger partial charge in [0, 0.05) is 13.1 Å². The number of aromatic amines is 1. The van der Waals surface area contributed by atoms with E-state index >= 15 is 0 Å². The summed E-state index contributed by atoms with van der Waals surface area (Å²) in [4.78, 5) is 8.45. The number of H-pyrrole nitrogens is 1. The number of hydrogen-bond donors (Lipinski definition) is 2. The van der Waals surface area contributed by atoms with Gasteiger partial charge in [-0.25, -0.2) is 4.98 Å². The third-order valence-corrected chi connectivity index (χ3v) is 3.46. The van der Waals surface area contributed by atoms with Crippen LogP contribution in [-0.4, -0.2) is 31.9 Å². The molecule has 0 amide bonds. The Balaban J connectivity index is 1.72. The third-order valence-electron chi connectivity index (χ3n) is 3.46. The molecule has 0 bridgehead atoms. The normalized spacial score (nSPS) is 17.9. The molecular formula is C13H12N6O. The summed E-state index contributed by atoms with van der Waals surface area (Å²) in [5, 5.41) is 13.8. The highest BCUT2D eigenvalue weighted by Gasteiger charge is 2.26. The summed E-state index contributed by atoms with van der Waals surface area (Å²) in [5.41, 5.74) is 2.50. The fourth-order valence-corrected chi connectivity index (χ4v) is 2.50. The van der Waals surface area contributed by atoms with Crippen molar-refractivity contribution < 1.29 is 4.52 Å². The van der Waals surface area contributed by atoms with Gasteiger partial charge in [0.1, 0.15) is 6.33 Å². The fourth-order valence-electron chi connectivity index (χ4n) is 2.50. The molecule has 0 saturated carbocycles. The first-order chi connectivity index (χ1) is 9.92. The first-order valence-electron chi connectivity index (χ1n) is 6.39. The van der Waals surface area contributed by atoms with Gasteiger partial charge in [-0.15, -0.1) is 0 Å². The van der Waals surface area contributed by atoms with E-state index in [1.807, 2.05) is 12.1 Å². The lowest BCUT2D eigenvalue weighted by Gasteiger charge is -2.23. The van der Waals surface area contributed by atoms with Gasteiger partial charge in [0.2, 0.25) is 11.7 Å². The summed E-state index contributed by atoms with van der Waals surface area (Å²) < 4.78 is 5.40. The van der Waals surface area contributed by atoms with Crippen molar-refractivity contribution in [3.8, 4) is 11.6 Å². The van der Waals surface area contributed by atoms with E-state index in [4.69, 9.17) is 4.52 Å². The Kier molecular flexibility index (Phi) is 2.56. The summed E-state index contributed by atoms with van der Waals surface area (Å²) >= 11 is 0. The van der Waals surface area contributed by atoms with Gasteiger partial charge in [0.25, 0.3) is 0 Å². The molecule has 7 nitrogen and oxygen atoms in total. The van der Waals surface area contributed by atoms with Gasteiger partial charge in [-0.1, -0.05) is 29.4 Å². The minimum absolute atomic E-state index is 0.0733. The number of fused-ring (bicyclic) bond motifs is 1. The van der Waals surface area contributed by atoms with E-state index in [0.717, 1.165) is 13.1 Å². The lowest BCUT2D eigenvalue weighted by molar-refractivity contribution is 0.356. The Morgan fingerprint density at radius 1 is 1.25 bits per heavy atom. The molecule has 1 unspecified atom stereocenters. The number of hydrogen-bond acceptors (Lipinski definition) is 6. The first-order valence-corrected chi connectivity index (χ1v) is 6.39. The van der Waals surface area contributed by atoms with Crippen molar-refractivity contribution in [2.24, 2.45) is 0 Å². The molecule has 1 atom stereocenters. The van der Waals surface area contributed by atoms with Crippen LogP contribution < -0.4 is 5.32 Å². The van der Waals surface area contributed by atoms with Gasteiger partial charge in [0.15, 0.2) is 5.82 Å². The monoisotopic (exact) mass is 268 g/mol. The average molecular weight is 268 g/mol. The van der Waals surface area contributed by atoms with E-state index in [1.165, 1.54) is 17.5 Å². The fraction of sp³-hybridized carbons (Fsp3) is 0.231. The highest BCUT2D eigenvalue weighted by molar-refractivity contribution is 5.42. The molecule has 2 N–H and O–H groups in total. The van der Waals surface area contributed by atoms with Gasteiger partial charge in [-0.2, -0.15) is 10.1 Å². The van der Waals surface area contributed by atoms with E-state index in [-0.39, 0.29) is 5.92 Å². The van der Waals surface area contributed by atoms with Crippen LogP contribution in [0.1, 0.15) is 22.9 Å². The van der Waals surface area contributed by atoms with Gasteiger partial charge < -0.3 is 9.84 Å². The standard InChI is InChI=1S/C13H12N6O/c1-2-4-9-8(3-1)5-14-6-10(9)13-17-12(19-20-13)11-15-7-16-18-11/h1-4,7,10,14H,5-6H2,(H,15,16,18). The molecule has 2 aromatic heterocycles. The molecule has 3 aromatic rings. The molecular weight excluding hydrogens is 256 g/mol. The Bertz CT molecular complexity index is 720. The van der Waals surface area contributed by atoms with Crippen LogP contribution in [0, 0.1) is 0 Å². The molecule has 1 aliphatic heterocycles. The second-order valence-electron chi connectivity index (χ2n) is 4.67. The van der Waals surface area contributed by atoms with Crippen molar-refractivity contribution in [2.75, 3.05) is 6.54 Å². The molecule has 7 heteroatoms. The molecule has 4 rings (SSSR count). The predicted molar refractivity (Wildman–Crippen MR) is 69.7 cm³/mol. The van der Waals surface area contributed by atoms with E-state index in [2.05, 4.69) is 42.8 Å². The topological polar surface area (TPSA) is 92.5 Å². The molecule has 0 fully saturated rings. The quantitative estimate of drug-likeness (QED) is 0.722. The Morgan fingerprint density at radius 2 is 2.20 bits per heavy atom. The molecule has 100 valence electrons.